The zero-order valence-electron chi connectivity index (χ0n) is 14.3. The van der Waals surface area contributed by atoms with Gasteiger partial charge >= 0.3 is 5.63 Å². The monoisotopic (exact) mass is 381 g/mol. The van der Waals surface area contributed by atoms with Crippen LogP contribution in [0.15, 0.2) is 21.3 Å². The van der Waals surface area contributed by atoms with E-state index in [0.29, 0.717) is 12.0 Å². The molecule has 0 unspecified atom stereocenters. The van der Waals surface area contributed by atoms with Gasteiger partial charge in [0.2, 0.25) is 5.91 Å². The van der Waals surface area contributed by atoms with Crippen molar-refractivity contribution in [3.63, 3.8) is 0 Å². The molecule has 8 nitrogen and oxygen atoms in total. The van der Waals surface area contributed by atoms with E-state index < -0.39 is 26.9 Å². The van der Waals surface area contributed by atoms with E-state index in [9.17, 15) is 28.2 Å². The van der Waals surface area contributed by atoms with Gasteiger partial charge < -0.3 is 19.9 Å². The van der Waals surface area contributed by atoms with E-state index in [0.717, 1.165) is 6.07 Å². The number of nitrogens with one attached hydrogen (secondary N) is 1. The Morgan fingerprint density at radius 2 is 2.04 bits per heavy atom. The van der Waals surface area contributed by atoms with E-state index in [1.54, 1.807) is 13.8 Å². The normalized spacial score (nSPS) is 21.8. The maximum absolute atomic E-state index is 12.4. The van der Waals surface area contributed by atoms with Crippen molar-refractivity contribution in [1.82, 2.24) is 5.32 Å². The largest absolute Gasteiger partial charge is 0.508 e. The molecular weight excluding hydrogens is 362 g/mol. The number of amides is 1. The molecule has 1 amide bonds. The number of fused-ring (bicyclic) bond motifs is 1. The first-order valence-corrected chi connectivity index (χ1v) is 9.81. The van der Waals surface area contributed by atoms with E-state index in [1.807, 2.05) is 0 Å². The second kappa shape index (κ2) is 6.01. The predicted molar refractivity (Wildman–Crippen MR) is 94.1 cm³/mol. The average Bonchev–Trinajstić information content (AvgIpc) is 2.75. The van der Waals surface area contributed by atoms with Gasteiger partial charge in [-0.05, 0) is 25.8 Å². The zero-order chi connectivity index (χ0) is 19.3. The van der Waals surface area contributed by atoms with Crippen molar-refractivity contribution in [2.45, 2.75) is 32.2 Å². The first-order valence-electron chi connectivity index (χ1n) is 7.99. The number of carbonyl (C=O) groups excluding carboxylic acids is 1. The van der Waals surface area contributed by atoms with Crippen LogP contribution in [-0.2, 0) is 21.1 Å². The molecule has 0 saturated carbocycles. The molecule has 9 heteroatoms. The molecule has 1 atom stereocenters. The molecule has 1 fully saturated rings. The van der Waals surface area contributed by atoms with Crippen LogP contribution in [0.1, 0.15) is 24.5 Å². The molecule has 0 spiro atoms. The summed E-state index contributed by atoms with van der Waals surface area (Å²) < 4.78 is 28.4. The summed E-state index contributed by atoms with van der Waals surface area (Å²) in [5.74, 6) is -1.15. The lowest BCUT2D eigenvalue weighted by atomic mass is 9.99. The maximum atomic E-state index is 12.4. The van der Waals surface area contributed by atoms with Crippen molar-refractivity contribution in [2.75, 3.05) is 11.5 Å². The summed E-state index contributed by atoms with van der Waals surface area (Å²) >= 11 is 0. The van der Waals surface area contributed by atoms with Crippen molar-refractivity contribution in [1.29, 1.82) is 0 Å². The van der Waals surface area contributed by atoms with Crippen molar-refractivity contribution in [2.24, 2.45) is 0 Å². The van der Waals surface area contributed by atoms with Crippen LogP contribution in [0.25, 0.3) is 11.0 Å². The smallest absolute Gasteiger partial charge is 0.340 e. The molecule has 1 aliphatic heterocycles. The Morgan fingerprint density at radius 3 is 2.65 bits per heavy atom. The van der Waals surface area contributed by atoms with Crippen LogP contribution < -0.4 is 10.9 Å². The van der Waals surface area contributed by atoms with Crippen molar-refractivity contribution >= 4 is 26.7 Å². The first-order chi connectivity index (χ1) is 12.0. The maximum Gasteiger partial charge on any atom is 0.340 e. The minimum absolute atomic E-state index is 0.0122. The Morgan fingerprint density at radius 1 is 1.35 bits per heavy atom. The second-order valence-electron chi connectivity index (χ2n) is 6.96. The SMILES string of the molecule is Cc1c(CC(=O)N[C@@]2(C)CCS(=O)(=O)C2)c(=O)oc2cc(O)cc(O)c12. The molecule has 1 aliphatic rings. The minimum Gasteiger partial charge on any atom is -0.508 e. The van der Waals surface area contributed by atoms with Gasteiger partial charge in [0.1, 0.15) is 17.1 Å². The molecular formula is C17H19NO7S. The number of hydrogen-bond donors (Lipinski definition) is 3. The molecule has 3 N–H and O–H groups in total. The Hall–Kier alpha value is -2.55. The third-order valence-electron chi connectivity index (χ3n) is 4.62. The van der Waals surface area contributed by atoms with Gasteiger partial charge in [0, 0.05) is 12.1 Å². The average molecular weight is 381 g/mol. The fourth-order valence-electron chi connectivity index (χ4n) is 3.36. The van der Waals surface area contributed by atoms with Gasteiger partial charge in [0.25, 0.3) is 0 Å². The first kappa shape index (κ1) is 18.2. The van der Waals surface area contributed by atoms with Crippen LogP contribution in [-0.4, -0.2) is 41.6 Å². The van der Waals surface area contributed by atoms with Gasteiger partial charge in [-0.25, -0.2) is 13.2 Å². The van der Waals surface area contributed by atoms with Crippen LogP contribution in [0, 0.1) is 6.92 Å². The summed E-state index contributed by atoms with van der Waals surface area (Å²) in [5.41, 5.74) is -1.16. The van der Waals surface area contributed by atoms with E-state index in [2.05, 4.69) is 5.32 Å². The molecule has 0 bridgehead atoms. The number of phenolic OH excluding ortho intramolecular Hbond substituents is 2. The van der Waals surface area contributed by atoms with Crippen LogP contribution in [0.5, 0.6) is 11.5 Å². The highest BCUT2D eigenvalue weighted by molar-refractivity contribution is 7.91. The molecule has 26 heavy (non-hydrogen) atoms. The number of rotatable bonds is 3. The lowest BCUT2D eigenvalue weighted by molar-refractivity contribution is -0.122. The van der Waals surface area contributed by atoms with Gasteiger partial charge in [-0.15, -0.1) is 0 Å². The zero-order valence-corrected chi connectivity index (χ0v) is 15.1. The van der Waals surface area contributed by atoms with Crippen LogP contribution in [0.2, 0.25) is 0 Å². The Balaban J connectivity index is 1.92. The summed E-state index contributed by atoms with van der Waals surface area (Å²) in [6.45, 7) is 3.22. The van der Waals surface area contributed by atoms with E-state index in [1.165, 1.54) is 6.07 Å². The molecule has 140 valence electrons. The van der Waals surface area contributed by atoms with Gasteiger partial charge in [-0.2, -0.15) is 0 Å². The van der Waals surface area contributed by atoms with E-state index >= 15 is 0 Å². The summed E-state index contributed by atoms with van der Waals surface area (Å²) in [6, 6.07) is 2.32. The van der Waals surface area contributed by atoms with E-state index in [4.69, 9.17) is 4.42 Å². The standard InChI is InChI=1S/C17H19NO7S/c1-9-11(7-14(21)18-17(2)3-4-26(23,24)8-17)16(22)25-13-6-10(19)5-12(20)15(9)13/h5-6,19-20H,3-4,7-8H2,1-2H3,(H,18,21)/t17-/m0/s1. The molecule has 3 rings (SSSR count). The van der Waals surface area contributed by atoms with Gasteiger partial charge in [-0.3, -0.25) is 4.79 Å². The summed E-state index contributed by atoms with van der Waals surface area (Å²) in [5, 5.41) is 22.4. The fourth-order valence-corrected chi connectivity index (χ4v) is 5.46. The molecule has 2 aromatic rings. The Bertz CT molecular complexity index is 1070. The van der Waals surface area contributed by atoms with Gasteiger partial charge in [0.15, 0.2) is 9.84 Å². The molecule has 0 radical (unpaired) electrons. The Kier molecular flexibility index (Phi) is 4.22. The molecule has 1 aromatic heterocycles. The third-order valence-corrected chi connectivity index (χ3v) is 6.53. The molecule has 1 aromatic carbocycles. The predicted octanol–water partition coefficient (Wildman–Crippen LogP) is 0.749. The highest BCUT2D eigenvalue weighted by Crippen LogP contribution is 2.32. The topological polar surface area (TPSA) is 134 Å². The number of carbonyl (C=O) groups is 1. The molecule has 0 aliphatic carbocycles. The Labute approximate surface area is 149 Å². The highest BCUT2D eigenvalue weighted by Gasteiger charge is 2.39. The molecule has 2 heterocycles. The second-order valence-corrected chi connectivity index (χ2v) is 9.14. The number of benzene rings is 1. The number of aryl methyl sites for hydroxylation is 1. The lowest BCUT2D eigenvalue weighted by Crippen LogP contribution is -2.47. The van der Waals surface area contributed by atoms with Crippen molar-refractivity contribution in [3.8, 4) is 11.5 Å². The summed E-state index contributed by atoms with van der Waals surface area (Å²) in [7, 11) is -3.18. The third kappa shape index (κ3) is 3.39. The van der Waals surface area contributed by atoms with Crippen molar-refractivity contribution < 1.29 is 27.8 Å². The number of phenols is 2. The number of hydrogen-bond acceptors (Lipinski definition) is 7. The number of sulfone groups is 1. The van der Waals surface area contributed by atoms with Gasteiger partial charge in [0.05, 0.1) is 34.4 Å². The van der Waals surface area contributed by atoms with E-state index in [-0.39, 0.29) is 46.0 Å². The van der Waals surface area contributed by atoms with Gasteiger partial charge in [-0.1, -0.05) is 0 Å². The highest BCUT2D eigenvalue weighted by atomic mass is 32.2. The molecule has 1 saturated heterocycles. The van der Waals surface area contributed by atoms with Crippen LogP contribution in [0.3, 0.4) is 0 Å². The quantitative estimate of drug-likeness (QED) is 0.668. The van der Waals surface area contributed by atoms with Crippen LogP contribution >= 0.6 is 0 Å². The summed E-state index contributed by atoms with van der Waals surface area (Å²) in [4.78, 5) is 24.6. The number of aromatic hydroxyl groups is 2. The van der Waals surface area contributed by atoms with Crippen LogP contribution in [0.4, 0.5) is 0 Å². The minimum atomic E-state index is -3.18. The fraction of sp³-hybridized carbons (Fsp3) is 0.412. The van der Waals surface area contributed by atoms with Crippen molar-refractivity contribution in [3.05, 3.63) is 33.7 Å². The lowest BCUT2D eigenvalue weighted by Gasteiger charge is -2.24. The summed E-state index contributed by atoms with van der Waals surface area (Å²) in [6.07, 6.45) is 0.00646.